The maximum absolute atomic E-state index is 14.6. The summed E-state index contributed by atoms with van der Waals surface area (Å²) in [7, 11) is 0. The van der Waals surface area contributed by atoms with Crippen LogP contribution in [0, 0.1) is 12.7 Å². The summed E-state index contributed by atoms with van der Waals surface area (Å²) in [6, 6.07) is 10.7. The minimum atomic E-state index is -0.611. The van der Waals surface area contributed by atoms with Gasteiger partial charge in [-0.05, 0) is 42.2 Å². The molecule has 1 fully saturated rings. The van der Waals surface area contributed by atoms with Crippen molar-refractivity contribution in [2.45, 2.75) is 25.9 Å². The number of hydrogen-bond acceptors (Lipinski definition) is 3. The van der Waals surface area contributed by atoms with Crippen LogP contribution in [0.4, 0.5) is 10.1 Å². The van der Waals surface area contributed by atoms with Gasteiger partial charge in [-0.2, -0.15) is 0 Å². The molecule has 1 saturated heterocycles. The fraction of sp³-hybridized carbons (Fsp3) is 0.333. The molecular weight excluding hydrogens is 347 g/mol. The highest BCUT2D eigenvalue weighted by Gasteiger charge is 2.29. The Morgan fingerprint density at radius 3 is 2.89 bits per heavy atom. The summed E-state index contributed by atoms with van der Waals surface area (Å²) in [5.41, 5.74) is 3.45. The highest BCUT2D eigenvalue weighted by atomic mass is 19.1. The molecule has 0 radical (unpaired) electrons. The number of anilines is 1. The lowest BCUT2D eigenvalue weighted by molar-refractivity contribution is -0.116. The first-order chi connectivity index (χ1) is 13.0. The number of amides is 2. The minimum Gasteiger partial charge on any atom is -0.370 e. The lowest BCUT2D eigenvalue weighted by atomic mass is 9.98. The molecule has 2 aliphatic rings. The van der Waals surface area contributed by atoms with Gasteiger partial charge in [0.2, 0.25) is 5.91 Å². The normalized spacial score (nSPS) is 19.4. The number of aryl methyl sites for hydroxylation is 2. The van der Waals surface area contributed by atoms with Crippen LogP contribution in [0.2, 0.25) is 0 Å². The van der Waals surface area contributed by atoms with E-state index in [1.807, 2.05) is 31.2 Å². The maximum atomic E-state index is 14.6. The van der Waals surface area contributed by atoms with E-state index in [0.717, 1.165) is 16.7 Å². The second kappa shape index (κ2) is 7.12. The van der Waals surface area contributed by atoms with Gasteiger partial charge in [0.25, 0.3) is 5.91 Å². The minimum absolute atomic E-state index is 0.0512. The van der Waals surface area contributed by atoms with Crippen molar-refractivity contribution in [3.63, 3.8) is 0 Å². The molecule has 2 amide bonds. The van der Waals surface area contributed by atoms with Gasteiger partial charge >= 0.3 is 0 Å². The Kier molecular flexibility index (Phi) is 4.66. The summed E-state index contributed by atoms with van der Waals surface area (Å²) < 4.78 is 20.4. The van der Waals surface area contributed by atoms with Crippen LogP contribution >= 0.6 is 0 Å². The zero-order valence-electron chi connectivity index (χ0n) is 15.1. The second-order valence-electron chi connectivity index (χ2n) is 7.00. The molecule has 0 saturated carbocycles. The van der Waals surface area contributed by atoms with E-state index in [1.54, 1.807) is 11.0 Å². The highest BCUT2D eigenvalue weighted by molar-refractivity contribution is 5.98. The molecule has 1 atom stereocenters. The second-order valence-corrected chi connectivity index (χ2v) is 7.00. The fourth-order valence-corrected chi connectivity index (χ4v) is 3.71. The van der Waals surface area contributed by atoms with Gasteiger partial charge in [-0.3, -0.25) is 9.59 Å². The molecule has 0 aromatic heterocycles. The van der Waals surface area contributed by atoms with E-state index in [2.05, 4.69) is 5.32 Å². The molecule has 2 heterocycles. The Bertz CT molecular complexity index is 912. The topological polar surface area (TPSA) is 58.6 Å². The average molecular weight is 368 g/mol. The van der Waals surface area contributed by atoms with Crippen molar-refractivity contribution in [3.05, 3.63) is 64.5 Å². The summed E-state index contributed by atoms with van der Waals surface area (Å²) in [5, 5.41) is 2.66. The Labute approximate surface area is 157 Å². The van der Waals surface area contributed by atoms with Crippen molar-refractivity contribution in [3.8, 4) is 0 Å². The maximum Gasteiger partial charge on any atom is 0.257 e. The van der Waals surface area contributed by atoms with Crippen molar-refractivity contribution in [2.24, 2.45) is 0 Å². The van der Waals surface area contributed by atoms with E-state index in [4.69, 9.17) is 4.74 Å². The van der Waals surface area contributed by atoms with Crippen LogP contribution in [0.25, 0.3) is 0 Å². The van der Waals surface area contributed by atoms with Crippen LogP contribution in [0.1, 0.15) is 39.6 Å². The lowest BCUT2D eigenvalue weighted by Crippen LogP contribution is -2.42. The van der Waals surface area contributed by atoms with E-state index in [-0.39, 0.29) is 23.5 Å². The van der Waals surface area contributed by atoms with E-state index in [0.29, 0.717) is 38.2 Å². The van der Waals surface area contributed by atoms with Crippen molar-refractivity contribution in [2.75, 3.05) is 25.0 Å². The van der Waals surface area contributed by atoms with Gasteiger partial charge in [-0.1, -0.05) is 24.3 Å². The number of carbonyl (C=O) groups is 2. The van der Waals surface area contributed by atoms with Crippen LogP contribution in [-0.2, 0) is 16.0 Å². The van der Waals surface area contributed by atoms with Crippen molar-refractivity contribution in [1.29, 1.82) is 0 Å². The standard InChI is InChI=1S/C21H21FN2O3/c1-13-4-2-3-5-15(13)19-12-24(8-9-27-19)21(26)16-10-14-6-7-20(25)23-18(14)11-17(16)22/h2-5,10-11,19H,6-9,12H2,1H3,(H,23,25). The molecule has 1 N–H and O–H groups in total. The molecule has 0 aliphatic carbocycles. The number of morpholine rings is 1. The molecular formula is C21H21FN2O3. The van der Waals surface area contributed by atoms with Crippen molar-refractivity contribution >= 4 is 17.5 Å². The number of nitrogens with zero attached hydrogens (tertiary/aromatic N) is 1. The monoisotopic (exact) mass is 368 g/mol. The summed E-state index contributed by atoms with van der Waals surface area (Å²) >= 11 is 0. The van der Waals surface area contributed by atoms with Crippen LogP contribution in [0.15, 0.2) is 36.4 Å². The Morgan fingerprint density at radius 2 is 2.07 bits per heavy atom. The Morgan fingerprint density at radius 1 is 1.26 bits per heavy atom. The SMILES string of the molecule is Cc1ccccc1C1CN(C(=O)c2cc3c(cc2F)NC(=O)CC3)CCO1. The number of benzene rings is 2. The molecule has 2 aromatic rings. The quantitative estimate of drug-likeness (QED) is 0.885. The number of fused-ring (bicyclic) bond motifs is 1. The molecule has 140 valence electrons. The zero-order valence-corrected chi connectivity index (χ0v) is 15.1. The van der Waals surface area contributed by atoms with Crippen LogP contribution in [0.3, 0.4) is 0 Å². The highest BCUT2D eigenvalue weighted by Crippen LogP contribution is 2.29. The molecule has 4 rings (SSSR count). The molecule has 2 aromatic carbocycles. The number of rotatable bonds is 2. The number of hydrogen-bond donors (Lipinski definition) is 1. The van der Waals surface area contributed by atoms with Crippen LogP contribution < -0.4 is 5.32 Å². The van der Waals surface area contributed by atoms with E-state index in [1.165, 1.54) is 6.07 Å². The lowest BCUT2D eigenvalue weighted by Gasteiger charge is -2.34. The third-order valence-corrected chi connectivity index (χ3v) is 5.21. The summed E-state index contributed by atoms with van der Waals surface area (Å²) in [4.78, 5) is 26.1. The first-order valence-corrected chi connectivity index (χ1v) is 9.11. The van der Waals surface area contributed by atoms with Crippen LogP contribution in [-0.4, -0.2) is 36.4 Å². The fourth-order valence-electron chi connectivity index (χ4n) is 3.71. The number of halogens is 1. The molecule has 27 heavy (non-hydrogen) atoms. The average Bonchev–Trinajstić information content (AvgIpc) is 2.67. The molecule has 6 heteroatoms. The van der Waals surface area contributed by atoms with Gasteiger partial charge in [0.1, 0.15) is 11.9 Å². The number of nitrogens with one attached hydrogen (secondary N) is 1. The predicted octanol–water partition coefficient (Wildman–Crippen LogP) is 3.23. The van der Waals surface area contributed by atoms with E-state index in [9.17, 15) is 14.0 Å². The van der Waals surface area contributed by atoms with E-state index < -0.39 is 5.82 Å². The van der Waals surface area contributed by atoms with Gasteiger partial charge < -0.3 is 15.0 Å². The number of ether oxygens (including phenoxy) is 1. The van der Waals surface area contributed by atoms with Crippen molar-refractivity contribution in [1.82, 2.24) is 4.90 Å². The third-order valence-electron chi connectivity index (χ3n) is 5.21. The van der Waals surface area contributed by atoms with E-state index >= 15 is 0 Å². The predicted molar refractivity (Wildman–Crippen MR) is 99.1 cm³/mol. The zero-order chi connectivity index (χ0) is 19.0. The summed E-state index contributed by atoms with van der Waals surface area (Å²) in [6.45, 7) is 3.23. The van der Waals surface area contributed by atoms with Crippen LogP contribution in [0.5, 0.6) is 0 Å². The first-order valence-electron chi connectivity index (χ1n) is 9.11. The molecule has 2 aliphatic heterocycles. The Balaban J connectivity index is 1.58. The first kappa shape index (κ1) is 17.7. The van der Waals surface area contributed by atoms with Gasteiger partial charge in [-0.15, -0.1) is 0 Å². The number of carbonyl (C=O) groups excluding carboxylic acids is 2. The van der Waals surface area contributed by atoms with Gasteiger partial charge in [0, 0.05) is 18.7 Å². The molecule has 1 unspecified atom stereocenters. The van der Waals surface area contributed by atoms with Gasteiger partial charge in [-0.25, -0.2) is 4.39 Å². The largest absolute Gasteiger partial charge is 0.370 e. The molecule has 0 bridgehead atoms. The molecule has 0 spiro atoms. The molecule has 5 nitrogen and oxygen atoms in total. The summed E-state index contributed by atoms with van der Waals surface area (Å²) in [6.07, 6.45) is 0.638. The summed E-state index contributed by atoms with van der Waals surface area (Å²) in [5.74, 6) is -1.08. The van der Waals surface area contributed by atoms with Crippen molar-refractivity contribution < 1.29 is 18.7 Å². The Hall–Kier alpha value is -2.73. The third kappa shape index (κ3) is 3.45. The smallest absolute Gasteiger partial charge is 0.257 e. The van der Waals surface area contributed by atoms with Gasteiger partial charge in [0.05, 0.1) is 18.7 Å². The van der Waals surface area contributed by atoms with Gasteiger partial charge in [0.15, 0.2) is 0 Å².